The van der Waals surface area contributed by atoms with Gasteiger partial charge in [-0.25, -0.2) is 0 Å². The Morgan fingerprint density at radius 2 is 1.96 bits per heavy atom. The number of benzene rings is 1. The first kappa shape index (κ1) is 16.6. The molecule has 2 amide bonds. The van der Waals surface area contributed by atoms with Crippen LogP contribution in [0.15, 0.2) is 12.1 Å². The number of carbonyl (C=O) groups excluding carboxylic acids is 2. The predicted molar refractivity (Wildman–Crippen MR) is 94.4 cm³/mol. The summed E-state index contributed by atoms with van der Waals surface area (Å²) >= 11 is 0. The SMILES string of the molecule is Cc1ccc(C(=O)N2CCC3(CC2)CC(O)CNC3=O)c2c1CCC2. The highest BCUT2D eigenvalue weighted by Crippen LogP contribution is 2.39. The van der Waals surface area contributed by atoms with Crippen LogP contribution in [-0.4, -0.2) is 47.6 Å². The molecule has 2 saturated heterocycles. The highest BCUT2D eigenvalue weighted by atomic mass is 16.3. The summed E-state index contributed by atoms with van der Waals surface area (Å²) in [5.41, 5.74) is 4.23. The number of hydrogen-bond acceptors (Lipinski definition) is 3. The first-order valence-corrected chi connectivity index (χ1v) is 9.37. The summed E-state index contributed by atoms with van der Waals surface area (Å²) in [7, 11) is 0. The second kappa shape index (κ2) is 6.13. The van der Waals surface area contributed by atoms with Gasteiger partial charge in [-0.1, -0.05) is 6.07 Å². The maximum atomic E-state index is 13.1. The molecule has 1 spiro atoms. The van der Waals surface area contributed by atoms with Gasteiger partial charge in [0.25, 0.3) is 5.91 Å². The lowest BCUT2D eigenvalue weighted by Gasteiger charge is -2.44. The minimum Gasteiger partial charge on any atom is -0.391 e. The minimum atomic E-state index is -0.496. The molecular formula is C20H26N2O3. The van der Waals surface area contributed by atoms with Crippen LogP contribution in [0.1, 0.15) is 52.7 Å². The van der Waals surface area contributed by atoms with E-state index in [9.17, 15) is 14.7 Å². The Bertz CT molecular complexity index is 720. The van der Waals surface area contributed by atoms with Crippen LogP contribution in [0.4, 0.5) is 0 Å². The van der Waals surface area contributed by atoms with Crippen molar-refractivity contribution in [3.63, 3.8) is 0 Å². The lowest BCUT2D eigenvalue weighted by atomic mass is 9.71. The smallest absolute Gasteiger partial charge is 0.254 e. The van der Waals surface area contributed by atoms with Gasteiger partial charge in [-0.05, 0) is 68.2 Å². The van der Waals surface area contributed by atoms with Crippen molar-refractivity contribution >= 4 is 11.8 Å². The van der Waals surface area contributed by atoms with Crippen LogP contribution in [0, 0.1) is 12.3 Å². The van der Waals surface area contributed by atoms with Crippen LogP contribution < -0.4 is 5.32 Å². The van der Waals surface area contributed by atoms with Crippen molar-refractivity contribution in [2.24, 2.45) is 5.41 Å². The molecule has 1 aromatic rings. The first-order valence-electron chi connectivity index (χ1n) is 9.37. The summed E-state index contributed by atoms with van der Waals surface area (Å²) in [5, 5.41) is 12.7. The van der Waals surface area contributed by atoms with Crippen LogP contribution in [-0.2, 0) is 17.6 Å². The van der Waals surface area contributed by atoms with E-state index in [1.54, 1.807) is 0 Å². The number of carbonyl (C=O) groups is 2. The summed E-state index contributed by atoms with van der Waals surface area (Å²) in [6, 6.07) is 4.04. The first-order chi connectivity index (χ1) is 12.0. The number of hydrogen-bond donors (Lipinski definition) is 2. The lowest BCUT2D eigenvalue weighted by Crippen LogP contribution is -2.56. The molecule has 1 atom stereocenters. The zero-order valence-electron chi connectivity index (χ0n) is 14.8. The van der Waals surface area contributed by atoms with Gasteiger partial charge in [0.1, 0.15) is 0 Å². The molecule has 0 radical (unpaired) electrons. The molecule has 2 heterocycles. The monoisotopic (exact) mass is 342 g/mol. The van der Waals surface area contributed by atoms with Crippen LogP contribution in [0.3, 0.4) is 0 Å². The fraction of sp³-hybridized carbons (Fsp3) is 0.600. The Morgan fingerprint density at radius 1 is 1.24 bits per heavy atom. The number of aliphatic hydroxyl groups is 1. The largest absolute Gasteiger partial charge is 0.391 e. The maximum absolute atomic E-state index is 13.1. The van der Waals surface area contributed by atoms with Crippen LogP contribution in [0.2, 0.25) is 0 Å². The molecule has 4 rings (SSSR count). The number of piperidine rings is 2. The van der Waals surface area contributed by atoms with Crippen molar-refractivity contribution in [3.8, 4) is 0 Å². The van der Waals surface area contributed by atoms with Crippen molar-refractivity contribution in [3.05, 3.63) is 34.4 Å². The highest BCUT2D eigenvalue weighted by molar-refractivity contribution is 5.96. The summed E-state index contributed by atoms with van der Waals surface area (Å²) in [4.78, 5) is 27.3. The third-order valence-electron chi connectivity index (χ3n) is 6.36. The topological polar surface area (TPSA) is 69.6 Å². The fourth-order valence-electron chi connectivity index (χ4n) is 4.84. The molecule has 2 fully saturated rings. The number of β-amino-alcohol motifs (C(OH)–C–C–N with tert-alkyl or cyclic N) is 1. The lowest BCUT2D eigenvalue weighted by molar-refractivity contribution is -0.140. The molecule has 0 saturated carbocycles. The molecule has 5 nitrogen and oxygen atoms in total. The summed E-state index contributed by atoms with van der Waals surface area (Å²) in [6.45, 7) is 3.64. The van der Waals surface area contributed by atoms with Crippen molar-refractivity contribution < 1.29 is 14.7 Å². The summed E-state index contributed by atoms with van der Waals surface area (Å²) in [6.07, 6.45) is 4.50. The number of aliphatic hydroxyl groups excluding tert-OH is 1. The van der Waals surface area contributed by atoms with Gasteiger partial charge in [0, 0.05) is 25.2 Å². The third-order valence-corrected chi connectivity index (χ3v) is 6.36. The van der Waals surface area contributed by atoms with E-state index in [1.165, 1.54) is 16.7 Å². The minimum absolute atomic E-state index is 0.0427. The summed E-state index contributed by atoms with van der Waals surface area (Å²) in [5.74, 6) is 0.144. The standard InChI is InChI=1S/C20H26N2O3/c1-13-5-6-17(16-4-2-3-15(13)16)18(24)22-9-7-20(8-10-22)11-14(23)12-21-19(20)25/h5-6,14,23H,2-4,7-12H2,1H3,(H,21,25). The molecule has 25 heavy (non-hydrogen) atoms. The van der Waals surface area contributed by atoms with Crippen LogP contribution in [0.25, 0.3) is 0 Å². The number of nitrogens with zero attached hydrogens (tertiary/aromatic N) is 1. The maximum Gasteiger partial charge on any atom is 0.254 e. The molecule has 1 aromatic carbocycles. The van der Waals surface area contributed by atoms with E-state index in [0.717, 1.165) is 24.8 Å². The highest BCUT2D eigenvalue weighted by Gasteiger charge is 2.46. The molecule has 3 aliphatic rings. The average Bonchev–Trinajstić information content (AvgIpc) is 3.10. The van der Waals surface area contributed by atoms with Crippen molar-refractivity contribution in [2.75, 3.05) is 19.6 Å². The Morgan fingerprint density at radius 3 is 2.72 bits per heavy atom. The Balaban J connectivity index is 1.51. The third kappa shape index (κ3) is 2.74. The zero-order valence-corrected chi connectivity index (χ0v) is 14.8. The van der Waals surface area contributed by atoms with Crippen molar-refractivity contribution in [1.82, 2.24) is 10.2 Å². The molecule has 1 unspecified atom stereocenters. The second-order valence-corrected chi connectivity index (χ2v) is 7.88. The van der Waals surface area contributed by atoms with E-state index in [2.05, 4.69) is 18.3 Å². The van der Waals surface area contributed by atoms with Gasteiger partial charge in [0.15, 0.2) is 0 Å². The summed E-state index contributed by atoms with van der Waals surface area (Å²) < 4.78 is 0. The normalized spacial score (nSPS) is 25.0. The molecular weight excluding hydrogens is 316 g/mol. The van der Waals surface area contributed by atoms with E-state index >= 15 is 0 Å². The molecule has 1 aliphatic carbocycles. The molecule has 0 aromatic heterocycles. The van der Waals surface area contributed by atoms with Gasteiger partial charge >= 0.3 is 0 Å². The van der Waals surface area contributed by atoms with Gasteiger partial charge in [0.2, 0.25) is 5.91 Å². The predicted octanol–water partition coefficient (Wildman–Crippen LogP) is 1.59. The molecule has 2 aliphatic heterocycles. The van der Waals surface area contributed by atoms with Crippen molar-refractivity contribution in [1.29, 1.82) is 0 Å². The van der Waals surface area contributed by atoms with Gasteiger partial charge in [0.05, 0.1) is 11.5 Å². The van der Waals surface area contributed by atoms with Gasteiger partial charge in [-0.3, -0.25) is 9.59 Å². The van der Waals surface area contributed by atoms with Gasteiger partial charge in [-0.15, -0.1) is 0 Å². The van der Waals surface area contributed by atoms with E-state index in [0.29, 0.717) is 38.9 Å². The fourth-order valence-corrected chi connectivity index (χ4v) is 4.84. The quantitative estimate of drug-likeness (QED) is 0.814. The number of rotatable bonds is 1. The van der Waals surface area contributed by atoms with Gasteiger partial charge in [-0.2, -0.15) is 0 Å². The Labute approximate surface area is 148 Å². The van der Waals surface area contributed by atoms with Crippen LogP contribution >= 0.6 is 0 Å². The molecule has 5 heteroatoms. The molecule has 134 valence electrons. The molecule has 2 N–H and O–H groups in total. The Hall–Kier alpha value is -1.88. The van der Waals surface area contributed by atoms with E-state index in [1.807, 2.05) is 11.0 Å². The second-order valence-electron chi connectivity index (χ2n) is 7.88. The number of likely N-dealkylation sites (tertiary alicyclic amines) is 1. The Kier molecular flexibility index (Phi) is 4.07. The zero-order chi connectivity index (χ0) is 17.6. The number of nitrogens with one attached hydrogen (secondary N) is 1. The number of fused-ring (bicyclic) bond motifs is 1. The van der Waals surface area contributed by atoms with Crippen molar-refractivity contribution in [2.45, 2.75) is 51.6 Å². The van der Waals surface area contributed by atoms with E-state index in [4.69, 9.17) is 0 Å². The average molecular weight is 342 g/mol. The molecule has 0 bridgehead atoms. The van der Waals surface area contributed by atoms with Gasteiger partial charge < -0.3 is 15.3 Å². The van der Waals surface area contributed by atoms with Crippen LogP contribution in [0.5, 0.6) is 0 Å². The number of amides is 2. The number of aryl methyl sites for hydroxylation is 1. The van der Waals surface area contributed by atoms with E-state index in [-0.39, 0.29) is 11.8 Å². The van der Waals surface area contributed by atoms with E-state index < -0.39 is 11.5 Å².